The van der Waals surface area contributed by atoms with Crippen molar-refractivity contribution in [2.75, 3.05) is 0 Å². The van der Waals surface area contributed by atoms with Crippen LogP contribution in [-0.2, 0) is 6.61 Å². The minimum atomic E-state index is -0.977. The zero-order valence-corrected chi connectivity index (χ0v) is 19.6. The van der Waals surface area contributed by atoms with Crippen LogP contribution in [0.15, 0.2) is 68.8 Å². The summed E-state index contributed by atoms with van der Waals surface area (Å²) in [5.41, 5.74) is 4.37. The van der Waals surface area contributed by atoms with Gasteiger partial charge in [-0.05, 0) is 79.4 Å². The normalized spacial score (nSPS) is 10.8. The van der Waals surface area contributed by atoms with Crippen molar-refractivity contribution in [3.05, 3.63) is 91.1 Å². The molecular formula is C21H14Br2ClN3O4. The van der Waals surface area contributed by atoms with Gasteiger partial charge in [-0.3, -0.25) is 4.79 Å². The zero-order valence-electron chi connectivity index (χ0n) is 15.7. The third-order valence-electron chi connectivity index (χ3n) is 3.99. The van der Waals surface area contributed by atoms with E-state index in [1.807, 2.05) is 0 Å². The summed E-state index contributed by atoms with van der Waals surface area (Å²) in [6.45, 7) is 0.256. The van der Waals surface area contributed by atoms with E-state index in [9.17, 15) is 9.59 Å². The van der Waals surface area contributed by atoms with Gasteiger partial charge in [0.1, 0.15) is 17.5 Å². The van der Waals surface area contributed by atoms with Crippen molar-refractivity contribution >= 4 is 61.6 Å². The summed E-state index contributed by atoms with van der Waals surface area (Å²) in [4.78, 5) is 26.9. The Labute approximate surface area is 199 Å². The van der Waals surface area contributed by atoms with Crippen LogP contribution in [0.4, 0.5) is 0 Å². The van der Waals surface area contributed by atoms with Gasteiger partial charge in [-0.2, -0.15) is 5.10 Å². The van der Waals surface area contributed by atoms with Gasteiger partial charge in [0.05, 0.1) is 26.3 Å². The number of carbonyl (C=O) groups is 2. The van der Waals surface area contributed by atoms with E-state index in [-0.39, 0.29) is 22.9 Å². The second kappa shape index (κ2) is 10.5. The quantitative estimate of drug-likeness (QED) is 0.229. The van der Waals surface area contributed by atoms with Crippen LogP contribution >= 0.6 is 43.5 Å². The molecule has 2 aromatic carbocycles. The Morgan fingerprint density at radius 3 is 2.45 bits per heavy atom. The molecule has 0 aliphatic heterocycles. The third-order valence-corrected chi connectivity index (χ3v) is 5.47. The molecule has 3 rings (SSSR count). The average Bonchev–Trinajstić information content (AvgIpc) is 2.73. The Morgan fingerprint density at radius 1 is 1.16 bits per heavy atom. The Kier molecular flexibility index (Phi) is 7.78. The molecule has 0 unspecified atom stereocenters. The van der Waals surface area contributed by atoms with E-state index in [1.54, 1.807) is 36.4 Å². The van der Waals surface area contributed by atoms with Crippen LogP contribution in [0.1, 0.15) is 31.8 Å². The maximum Gasteiger partial charge on any atom is 0.335 e. The molecule has 0 saturated carbocycles. The van der Waals surface area contributed by atoms with Gasteiger partial charge in [-0.15, -0.1) is 0 Å². The molecule has 7 nitrogen and oxygen atoms in total. The Morgan fingerprint density at radius 2 is 1.84 bits per heavy atom. The van der Waals surface area contributed by atoms with Gasteiger partial charge in [-0.25, -0.2) is 15.2 Å². The lowest BCUT2D eigenvalue weighted by molar-refractivity contribution is 0.0696. The number of nitrogens with one attached hydrogen (secondary N) is 1. The number of aromatic nitrogens is 1. The second-order valence-corrected chi connectivity index (χ2v) is 8.21. The number of amides is 1. The van der Waals surface area contributed by atoms with Gasteiger partial charge < -0.3 is 9.84 Å². The number of nitrogens with zero attached hydrogens (tertiary/aromatic N) is 2. The summed E-state index contributed by atoms with van der Waals surface area (Å²) in [5, 5.41) is 13.0. The number of hydrogen-bond donors (Lipinski definition) is 2. The first-order valence-corrected chi connectivity index (χ1v) is 10.7. The van der Waals surface area contributed by atoms with E-state index in [4.69, 9.17) is 21.4 Å². The molecular weight excluding hydrogens is 554 g/mol. The Balaban J connectivity index is 1.64. The molecule has 0 fully saturated rings. The first-order chi connectivity index (χ1) is 14.8. The van der Waals surface area contributed by atoms with Crippen LogP contribution in [-0.4, -0.2) is 28.2 Å². The number of carbonyl (C=O) groups excluding carboxylic acids is 1. The first kappa shape index (κ1) is 22.9. The molecule has 1 aromatic heterocycles. The lowest BCUT2D eigenvalue weighted by Gasteiger charge is -2.11. The number of pyridine rings is 1. The summed E-state index contributed by atoms with van der Waals surface area (Å²) in [6.07, 6.45) is 2.97. The first-order valence-electron chi connectivity index (χ1n) is 8.73. The van der Waals surface area contributed by atoms with E-state index in [2.05, 4.69) is 47.4 Å². The summed E-state index contributed by atoms with van der Waals surface area (Å²) < 4.78 is 7.19. The summed E-state index contributed by atoms with van der Waals surface area (Å²) >= 11 is 12.8. The molecule has 10 heteroatoms. The molecule has 2 N–H and O–H groups in total. The number of carboxylic acids is 1. The fourth-order valence-electron chi connectivity index (χ4n) is 2.47. The molecule has 31 heavy (non-hydrogen) atoms. The number of benzene rings is 2. The fourth-order valence-corrected chi connectivity index (χ4v) is 4.13. The van der Waals surface area contributed by atoms with Crippen LogP contribution < -0.4 is 10.2 Å². The van der Waals surface area contributed by atoms with E-state index in [1.165, 1.54) is 24.5 Å². The van der Waals surface area contributed by atoms with Crippen molar-refractivity contribution in [2.45, 2.75) is 6.61 Å². The fraction of sp³-hybridized carbons (Fsp3) is 0.0476. The van der Waals surface area contributed by atoms with Gasteiger partial charge in [0.2, 0.25) is 0 Å². The number of carboxylic acid groups (broad SMARTS) is 1. The minimum Gasteiger partial charge on any atom is -0.487 e. The highest BCUT2D eigenvalue weighted by molar-refractivity contribution is 9.11. The second-order valence-electron chi connectivity index (χ2n) is 6.15. The SMILES string of the molecule is O=C(O)c1ccc(COc2c(Br)cc(C=NNC(=O)c3cccnc3Cl)cc2Br)cc1. The molecule has 0 aliphatic carbocycles. The van der Waals surface area contributed by atoms with E-state index >= 15 is 0 Å². The molecule has 1 amide bonds. The maximum atomic E-state index is 12.1. The molecule has 0 bridgehead atoms. The van der Waals surface area contributed by atoms with Crippen LogP contribution in [0.5, 0.6) is 5.75 Å². The maximum absolute atomic E-state index is 12.1. The average molecular weight is 568 g/mol. The highest BCUT2D eigenvalue weighted by Crippen LogP contribution is 2.35. The highest BCUT2D eigenvalue weighted by atomic mass is 79.9. The smallest absolute Gasteiger partial charge is 0.335 e. The number of ether oxygens (including phenoxy) is 1. The van der Waals surface area contributed by atoms with Crippen molar-refractivity contribution < 1.29 is 19.4 Å². The zero-order chi connectivity index (χ0) is 22.4. The van der Waals surface area contributed by atoms with Crippen molar-refractivity contribution in [1.82, 2.24) is 10.4 Å². The van der Waals surface area contributed by atoms with E-state index in [0.717, 1.165) is 5.56 Å². The third kappa shape index (κ3) is 6.13. The lowest BCUT2D eigenvalue weighted by atomic mass is 10.1. The molecule has 158 valence electrons. The van der Waals surface area contributed by atoms with Crippen molar-refractivity contribution in [3.8, 4) is 5.75 Å². The summed E-state index contributed by atoms with van der Waals surface area (Å²) in [5.74, 6) is -0.873. The van der Waals surface area contributed by atoms with Crippen molar-refractivity contribution in [1.29, 1.82) is 0 Å². The largest absolute Gasteiger partial charge is 0.487 e. The number of hydrazone groups is 1. The van der Waals surface area contributed by atoms with Gasteiger partial charge in [0.15, 0.2) is 0 Å². The Hall–Kier alpha value is -2.75. The predicted octanol–water partition coefficient (Wildman–Crippen LogP) is 5.30. The molecule has 0 radical (unpaired) electrons. The topological polar surface area (TPSA) is 101 Å². The number of halogens is 3. The molecule has 0 spiro atoms. The molecule has 0 aliphatic rings. The van der Waals surface area contributed by atoms with Crippen molar-refractivity contribution in [2.24, 2.45) is 5.10 Å². The summed E-state index contributed by atoms with van der Waals surface area (Å²) in [6, 6.07) is 13.2. The predicted molar refractivity (Wildman–Crippen MR) is 124 cm³/mol. The van der Waals surface area contributed by atoms with Gasteiger partial charge in [0.25, 0.3) is 5.91 Å². The van der Waals surface area contributed by atoms with Crippen LogP contribution in [0.25, 0.3) is 0 Å². The van der Waals surface area contributed by atoms with Crippen LogP contribution in [0.3, 0.4) is 0 Å². The van der Waals surface area contributed by atoms with E-state index in [0.29, 0.717) is 20.3 Å². The molecule has 0 saturated heterocycles. The lowest BCUT2D eigenvalue weighted by Crippen LogP contribution is -2.18. The van der Waals surface area contributed by atoms with Gasteiger partial charge in [0, 0.05) is 6.20 Å². The number of hydrogen-bond acceptors (Lipinski definition) is 5. The number of aromatic carboxylic acids is 1. The van der Waals surface area contributed by atoms with Crippen LogP contribution in [0, 0.1) is 0 Å². The Bertz CT molecular complexity index is 1130. The molecule has 3 aromatic rings. The summed E-state index contributed by atoms with van der Waals surface area (Å²) in [7, 11) is 0. The van der Waals surface area contributed by atoms with Crippen molar-refractivity contribution in [3.63, 3.8) is 0 Å². The number of rotatable bonds is 7. The standard InChI is InChI=1S/C21H14Br2ClN3O4/c22-16-8-13(10-26-27-20(28)15-2-1-7-25-19(15)24)9-17(23)18(16)31-11-12-3-5-14(6-4-12)21(29)30/h1-10H,11H2,(H,27,28)(H,29,30). The van der Waals surface area contributed by atoms with Crippen LogP contribution in [0.2, 0.25) is 5.15 Å². The van der Waals surface area contributed by atoms with E-state index < -0.39 is 11.9 Å². The van der Waals surface area contributed by atoms with Gasteiger partial charge in [-0.1, -0.05) is 23.7 Å². The minimum absolute atomic E-state index is 0.0970. The highest BCUT2D eigenvalue weighted by Gasteiger charge is 2.11. The molecule has 1 heterocycles. The molecule has 0 atom stereocenters. The van der Waals surface area contributed by atoms with Gasteiger partial charge >= 0.3 is 5.97 Å². The monoisotopic (exact) mass is 565 g/mol.